The van der Waals surface area contributed by atoms with E-state index in [9.17, 15) is 9.18 Å². The molecule has 0 bridgehead atoms. The number of amides is 1. The summed E-state index contributed by atoms with van der Waals surface area (Å²) < 4.78 is 18.2. The number of carbonyl (C=O) groups is 1. The van der Waals surface area contributed by atoms with Gasteiger partial charge in [0.2, 0.25) is 0 Å². The van der Waals surface area contributed by atoms with Crippen molar-refractivity contribution in [2.75, 3.05) is 32.8 Å². The van der Waals surface area contributed by atoms with Crippen molar-refractivity contribution >= 4 is 5.91 Å². The maximum absolute atomic E-state index is 12.8. The molecular weight excluding hydrogens is 271 g/mol. The van der Waals surface area contributed by atoms with Crippen molar-refractivity contribution in [3.63, 3.8) is 0 Å². The number of nitrogens with one attached hydrogen (secondary N) is 1. The number of halogens is 1. The number of likely N-dealkylation sites (tertiary alicyclic amines) is 1. The fourth-order valence-corrected chi connectivity index (χ4v) is 3.22. The maximum Gasteiger partial charge on any atom is 0.260 e. The van der Waals surface area contributed by atoms with Gasteiger partial charge in [-0.2, -0.15) is 0 Å². The van der Waals surface area contributed by atoms with Gasteiger partial charge in [0, 0.05) is 19.6 Å². The summed E-state index contributed by atoms with van der Waals surface area (Å²) in [6.45, 7) is 3.83. The van der Waals surface area contributed by atoms with E-state index in [4.69, 9.17) is 4.74 Å². The van der Waals surface area contributed by atoms with Gasteiger partial charge in [0.15, 0.2) is 6.61 Å². The molecule has 2 aliphatic heterocycles. The van der Waals surface area contributed by atoms with Crippen molar-refractivity contribution in [2.24, 2.45) is 5.41 Å². The molecule has 5 heteroatoms. The Hall–Kier alpha value is -1.62. The average molecular weight is 292 g/mol. The monoisotopic (exact) mass is 292 g/mol. The van der Waals surface area contributed by atoms with Gasteiger partial charge in [-0.3, -0.25) is 4.79 Å². The number of rotatable bonds is 3. The highest BCUT2D eigenvalue weighted by Gasteiger charge is 2.37. The van der Waals surface area contributed by atoms with Crippen LogP contribution in [0.15, 0.2) is 24.3 Å². The highest BCUT2D eigenvalue weighted by Crippen LogP contribution is 2.36. The summed E-state index contributed by atoms with van der Waals surface area (Å²) >= 11 is 0. The zero-order valence-corrected chi connectivity index (χ0v) is 12.1. The lowest BCUT2D eigenvalue weighted by Gasteiger charge is -2.38. The molecule has 1 aromatic rings. The Balaban J connectivity index is 1.47. The lowest BCUT2D eigenvalue weighted by Crippen LogP contribution is -2.45. The van der Waals surface area contributed by atoms with Crippen molar-refractivity contribution in [3.05, 3.63) is 30.1 Å². The first kappa shape index (κ1) is 14.3. The van der Waals surface area contributed by atoms with E-state index in [1.54, 1.807) is 0 Å². The Morgan fingerprint density at radius 1 is 1.24 bits per heavy atom. The summed E-state index contributed by atoms with van der Waals surface area (Å²) in [5.41, 5.74) is 0.411. The number of ether oxygens (including phenoxy) is 1. The van der Waals surface area contributed by atoms with Gasteiger partial charge in [0.05, 0.1) is 0 Å². The summed E-state index contributed by atoms with van der Waals surface area (Å²) in [5.74, 6) is 0.235. The average Bonchev–Trinajstić information content (AvgIpc) is 2.95. The molecule has 1 N–H and O–H groups in total. The van der Waals surface area contributed by atoms with Crippen LogP contribution in [0.5, 0.6) is 5.75 Å². The number of nitrogens with zero attached hydrogens (tertiary/aromatic N) is 1. The zero-order valence-electron chi connectivity index (χ0n) is 12.1. The van der Waals surface area contributed by atoms with E-state index in [-0.39, 0.29) is 18.3 Å². The van der Waals surface area contributed by atoms with E-state index in [2.05, 4.69) is 5.32 Å². The summed E-state index contributed by atoms with van der Waals surface area (Å²) in [6.07, 6.45) is 3.37. The van der Waals surface area contributed by atoms with Crippen molar-refractivity contribution in [1.82, 2.24) is 10.2 Å². The normalized spacial score (nSPS) is 20.7. The van der Waals surface area contributed by atoms with Crippen LogP contribution in [0.1, 0.15) is 19.3 Å². The minimum atomic E-state index is -0.305. The molecule has 2 heterocycles. The fraction of sp³-hybridized carbons (Fsp3) is 0.562. The number of hydrogen-bond donors (Lipinski definition) is 1. The second-order valence-corrected chi connectivity index (χ2v) is 6.05. The minimum absolute atomic E-state index is 0.0140. The van der Waals surface area contributed by atoms with Gasteiger partial charge >= 0.3 is 0 Å². The van der Waals surface area contributed by atoms with Crippen LogP contribution in [0.25, 0.3) is 0 Å². The minimum Gasteiger partial charge on any atom is -0.484 e. The maximum atomic E-state index is 12.8. The third-order valence-electron chi connectivity index (χ3n) is 4.68. The summed E-state index contributed by atoms with van der Waals surface area (Å²) in [5, 5.41) is 3.42. The molecule has 1 aromatic carbocycles. The van der Waals surface area contributed by atoms with Gasteiger partial charge in [-0.25, -0.2) is 4.39 Å². The summed E-state index contributed by atoms with van der Waals surface area (Å²) in [6, 6.07) is 5.74. The highest BCUT2D eigenvalue weighted by atomic mass is 19.1. The van der Waals surface area contributed by atoms with E-state index in [1.807, 2.05) is 4.90 Å². The Labute approximate surface area is 124 Å². The van der Waals surface area contributed by atoms with E-state index >= 15 is 0 Å². The van der Waals surface area contributed by atoms with Crippen LogP contribution in [-0.4, -0.2) is 43.6 Å². The molecule has 0 saturated carbocycles. The fourth-order valence-electron chi connectivity index (χ4n) is 3.22. The van der Waals surface area contributed by atoms with Crippen LogP contribution in [-0.2, 0) is 4.79 Å². The van der Waals surface area contributed by atoms with Crippen LogP contribution in [0.3, 0.4) is 0 Å². The lowest BCUT2D eigenvalue weighted by molar-refractivity contribution is -0.135. The third kappa shape index (κ3) is 3.35. The van der Waals surface area contributed by atoms with Crippen molar-refractivity contribution in [3.8, 4) is 5.75 Å². The van der Waals surface area contributed by atoms with E-state index in [1.165, 1.54) is 30.7 Å². The SMILES string of the molecule is O=C(COc1ccc(F)cc1)N1CCC2(CCNC2)CC1. The predicted molar refractivity (Wildman–Crippen MR) is 77.6 cm³/mol. The standard InChI is InChI=1S/C16H21FN2O2/c17-13-1-3-14(4-2-13)21-11-15(20)19-9-6-16(7-10-19)5-8-18-12-16/h1-4,18H,5-12H2. The first-order valence-electron chi connectivity index (χ1n) is 7.54. The molecule has 0 radical (unpaired) electrons. The largest absolute Gasteiger partial charge is 0.484 e. The second kappa shape index (κ2) is 6.02. The van der Waals surface area contributed by atoms with Crippen molar-refractivity contribution < 1.29 is 13.9 Å². The Morgan fingerprint density at radius 3 is 2.57 bits per heavy atom. The Bertz CT molecular complexity index is 488. The van der Waals surface area contributed by atoms with Crippen molar-refractivity contribution in [2.45, 2.75) is 19.3 Å². The first-order valence-corrected chi connectivity index (χ1v) is 7.54. The van der Waals surface area contributed by atoms with Gasteiger partial charge in [-0.1, -0.05) is 0 Å². The van der Waals surface area contributed by atoms with Gasteiger partial charge in [-0.15, -0.1) is 0 Å². The molecule has 0 aliphatic carbocycles. The van der Waals surface area contributed by atoms with Crippen molar-refractivity contribution in [1.29, 1.82) is 0 Å². The third-order valence-corrected chi connectivity index (χ3v) is 4.68. The molecule has 21 heavy (non-hydrogen) atoms. The molecule has 2 saturated heterocycles. The highest BCUT2D eigenvalue weighted by molar-refractivity contribution is 5.77. The molecule has 2 aliphatic rings. The van der Waals surface area contributed by atoms with Gasteiger partial charge in [-0.05, 0) is 55.5 Å². The smallest absolute Gasteiger partial charge is 0.260 e. The quantitative estimate of drug-likeness (QED) is 0.924. The topological polar surface area (TPSA) is 41.6 Å². The molecule has 114 valence electrons. The van der Waals surface area contributed by atoms with Gasteiger partial charge in [0.1, 0.15) is 11.6 Å². The van der Waals surface area contributed by atoms with Crippen LogP contribution in [0.2, 0.25) is 0 Å². The van der Waals surface area contributed by atoms with E-state index in [0.29, 0.717) is 11.2 Å². The molecule has 2 fully saturated rings. The Morgan fingerprint density at radius 2 is 1.95 bits per heavy atom. The van der Waals surface area contributed by atoms with Gasteiger partial charge in [0.25, 0.3) is 5.91 Å². The molecule has 1 amide bonds. The molecule has 3 rings (SSSR count). The molecule has 1 spiro atoms. The summed E-state index contributed by atoms with van der Waals surface area (Å²) in [7, 11) is 0. The van der Waals surface area contributed by atoms with Gasteiger partial charge < -0.3 is 15.0 Å². The zero-order chi connectivity index (χ0) is 14.7. The number of benzene rings is 1. The summed E-state index contributed by atoms with van der Waals surface area (Å²) in [4.78, 5) is 14.0. The predicted octanol–water partition coefficient (Wildman–Crippen LogP) is 1.81. The number of piperidine rings is 1. The van der Waals surface area contributed by atoms with E-state index in [0.717, 1.165) is 39.0 Å². The number of carbonyl (C=O) groups excluding carboxylic acids is 1. The van der Waals surface area contributed by atoms with Crippen LogP contribution < -0.4 is 10.1 Å². The molecule has 0 atom stereocenters. The lowest BCUT2D eigenvalue weighted by atomic mass is 9.78. The molecule has 0 aromatic heterocycles. The van der Waals surface area contributed by atoms with E-state index < -0.39 is 0 Å². The van der Waals surface area contributed by atoms with Crippen LogP contribution in [0, 0.1) is 11.2 Å². The first-order chi connectivity index (χ1) is 10.2. The molecular formula is C16H21FN2O2. The molecule has 0 unspecified atom stereocenters. The number of hydrogen-bond acceptors (Lipinski definition) is 3. The van der Waals surface area contributed by atoms with Crippen LogP contribution >= 0.6 is 0 Å². The van der Waals surface area contributed by atoms with Crippen LogP contribution in [0.4, 0.5) is 4.39 Å². The Kier molecular flexibility index (Phi) is 4.10. The molecule has 4 nitrogen and oxygen atoms in total. The second-order valence-electron chi connectivity index (χ2n) is 6.05.